The normalized spacial score (nSPS) is 15.1. The summed E-state index contributed by atoms with van der Waals surface area (Å²) in [6, 6.07) is 12.9. The van der Waals surface area contributed by atoms with Gasteiger partial charge in [-0.2, -0.15) is 13.2 Å². The van der Waals surface area contributed by atoms with Gasteiger partial charge in [0, 0.05) is 25.4 Å². The Morgan fingerprint density at radius 3 is 2.61 bits per heavy atom. The highest BCUT2D eigenvalue weighted by Gasteiger charge is 2.29. The smallest absolute Gasteiger partial charge is 0.422 e. The fourth-order valence-electron chi connectivity index (χ4n) is 4.00. The number of carbonyl (C=O) groups excluding carboxylic acids is 1. The van der Waals surface area contributed by atoms with Crippen LogP contribution in [0.5, 0.6) is 11.5 Å². The third kappa shape index (κ3) is 5.96. The van der Waals surface area contributed by atoms with Crippen LogP contribution < -0.4 is 9.47 Å². The number of para-hydroxylation sites is 1. The van der Waals surface area contributed by atoms with Crippen LogP contribution in [0.1, 0.15) is 35.8 Å². The average Bonchev–Trinajstić information content (AvgIpc) is 3.25. The van der Waals surface area contributed by atoms with Crippen molar-refractivity contribution < 1.29 is 27.4 Å². The third-order valence-corrected chi connectivity index (χ3v) is 6.95. The van der Waals surface area contributed by atoms with E-state index in [0.717, 1.165) is 28.9 Å². The number of carbonyl (C=O) groups is 1. The Kier molecular flexibility index (Phi) is 7.07. The molecule has 2 aromatic carbocycles. The Morgan fingerprint density at radius 1 is 1.15 bits per heavy atom. The van der Waals surface area contributed by atoms with Crippen molar-refractivity contribution >= 4 is 27.5 Å². The topological polar surface area (TPSA) is 51.7 Å². The van der Waals surface area contributed by atoms with Crippen LogP contribution in [0.25, 0.3) is 10.2 Å². The molecule has 0 N–H and O–H groups in total. The molecule has 1 aromatic heterocycles. The first-order valence-corrected chi connectivity index (χ1v) is 11.6. The molecule has 3 aromatic rings. The second-order valence-corrected chi connectivity index (χ2v) is 9.13. The van der Waals surface area contributed by atoms with Crippen LogP contribution in [-0.2, 0) is 11.2 Å². The lowest BCUT2D eigenvalue weighted by molar-refractivity contribution is -0.153. The zero-order valence-corrected chi connectivity index (χ0v) is 19.0. The van der Waals surface area contributed by atoms with Crippen LogP contribution in [0, 0.1) is 0 Å². The number of fused-ring (bicyclic) bond motifs is 1. The molecule has 2 heterocycles. The molecule has 4 rings (SSSR count). The number of alkyl halides is 3. The summed E-state index contributed by atoms with van der Waals surface area (Å²) in [6.07, 6.45) is -1.82. The maximum absolute atomic E-state index is 12.7. The number of benzene rings is 2. The predicted octanol–water partition coefficient (Wildman–Crippen LogP) is 5.58. The van der Waals surface area contributed by atoms with E-state index in [0.29, 0.717) is 31.8 Å². The summed E-state index contributed by atoms with van der Waals surface area (Å²) in [6.45, 7) is 0.0219. The number of rotatable bonds is 7. The summed E-state index contributed by atoms with van der Waals surface area (Å²) in [5.74, 6) is 0.705. The van der Waals surface area contributed by atoms with Gasteiger partial charge in [0.05, 0.1) is 22.3 Å². The zero-order chi connectivity index (χ0) is 23.4. The molecule has 0 atom stereocenters. The van der Waals surface area contributed by atoms with Crippen LogP contribution >= 0.6 is 11.3 Å². The summed E-state index contributed by atoms with van der Waals surface area (Å²) in [4.78, 5) is 19.4. The fraction of sp³-hybridized carbons (Fsp3) is 0.417. The average molecular weight is 479 g/mol. The molecule has 0 unspecified atom stereocenters. The number of hydrogen-bond donors (Lipinski definition) is 0. The van der Waals surface area contributed by atoms with Gasteiger partial charge in [-0.3, -0.25) is 4.79 Å². The van der Waals surface area contributed by atoms with E-state index in [9.17, 15) is 18.0 Å². The Morgan fingerprint density at radius 2 is 1.91 bits per heavy atom. The summed E-state index contributed by atoms with van der Waals surface area (Å²) in [5.41, 5.74) is 1.84. The number of methoxy groups -OCH3 is 1. The number of ether oxygens (including phenoxy) is 2. The lowest BCUT2D eigenvalue weighted by Crippen LogP contribution is -2.38. The monoisotopic (exact) mass is 478 g/mol. The molecule has 0 spiro atoms. The minimum Gasteiger partial charge on any atom is -0.493 e. The van der Waals surface area contributed by atoms with E-state index in [1.807, 2.05) is 23.1 Å². The number of amides is 1. The molecular formula is C24H25F3N2O3S. The largest absolute Gasteiger partial charge is 0.493 e. The van der Waals surface area contributed by atoms with Crippen molar-refractivity contribution in [3.05, 3.63) is 53.0 Å². The molecule has 0 saturated carbocycles. The molecule has 1 aliphatic rings. The van der Waals surface area contributed by atoms with E-state index < -0.39 is 12.8 Å². The van der Waals surface area contributed by atoms with Gasteiger partial charge in [-0.25, -0.2) is 4.98 Å². The second-order valence-electron chi connectivity index (χ2n) is 8.06. The third-order valence-electron chi connectivity index (χ3n) is 5.75. The van der Waals surface area contributed by atoms with Gasteiger partial charge in [-0.05, 0) is 49.1 Å². The number of halogens is 3. The maximum Gasteiger partial charge on any atom is 0.422 e. The first kappa shape index (κ1) is 23.4. The molecule has 9 heteroatoms. The molecule has 5 nitrogen and oxygen atoms in total. The van der Waals surface area contributed by atoms with Gasteiger partial charge in [0.25, 0.3) is 0 Å². The quantitative estimate of drug-likeness (QED) is 0.445. The number of thiazole rings is 1. The number of aromatic nitrogens is 1. The van der Waals surface area contributed by atoms with E-state index >= 15 is 0 Å². The Bertz CT molecular complexity index is 1070. The maximum atomic E-state index is 12.7. The lowest BCUT2D eigenvalue weighted by atomic mass is 9.97. The zero-order valence-electron chi connectivity index (χ0n) is 18.2. The lowest BCUT2D eigenvalue weighted by Gasteiger charge is -2.31. The summed E-state index contributed by atoms with van der Waals surface area (Å²) < 4.78 is 48.4. The van der Waals surface area contributed by atoms with E-state index in [-0.39, 0.29) is 17.4 Å². The van der Waals surface area contributed by atoms with Crippen molar-refractivity contribution in [1.29, 1.82) is 0 Å². The molecule has 1 fully saturated rings. The Labute approximate surface area is 194 Å². The van der Waals surface area contributed by atoms with Gasteiger partial charge in [0.15, 0.2) is 18.1 Å². The van der Waals surface area contributed by atoms with Gasteiger partial charge in [0.1, 0.15) is 0 Å². The van der Waals surface area contributed by atoms with Gasteiger partial charge in [-0.1, -0.05) is 18.2 Å². The fourth-order valence-corrected chi connectivity index (χ4v) is 5.13. The summed E-state index contributed by atoms with van der Waals surface area (Å²) in [7, 11) is 1.38. The molecular weight excluding hydrogens is 453 g/mol. The number of piperidine rings is 1. The van der Waals surface area contributed by atoms with Crippen molar-refractivity contribution in [1.82, 2.24) is 9.88 Å². The van der Waals surface area contributed by atoms with E-state index in [2.05, 4.69) is 6.07 Å². The van der Waals surface area contributed by atoms with Crippen molar-refractivity contribution in [2.24, 2.45) is 0 Å². The van der Waals surface area contributed by atoms with Gasteiger partial charge < -0.3 is 14.4 Å². The highest BCUT2D eigenvalue weighted by atomic mass is 32.1. The molecule has 0 bridgehead atoms. The SMILES string of the molecule is COc1cc(CCC(=O)N2CCC(c3nc4ccccc4s3)CC2)ccc1OCC(F)(F)F. The molecule has 1 saturated heterocycles. The van der Waals surface area contributed by atoms with Crippen molar-refractivity contribution in [2.45, 2.75) is 37.8 Å². The van der Waals surface area contributed by atoms with E-state index in [1.54, 1.807) is 23.5 Å². The van der Waals surface area contributed by atoms with Crippen molar-refractivity contribution in [3.8, 4) is 11.5 Å². The second kappa shape index (κ2) is 9.99. The molecule has 33 heavy (non-hydrogen) atoms. The first-order chi connectivity index (χ1) is 15.8. The van der Waals surface area contributed by atoms with Crippen LogP contribution in [0.3, 0.4) is 0 Å². The Hall–Kier alpha value is -2.81. The van der Waals surface area contributed by atoms with Gasteiger partial charge >= 0.3 is 6.18 Å². The minimum absolute atomic E-state index is 0.0295. The first-order valence-electron chi connectivity index (χ1n) is 10.8. The van der Waals surface area contributed by atoms with Crippen LogP contribution in [0.15, 0.2) is 42.5 Å². The van der Waals surface area contributed by atoms with Gasteiger partial charge in [-0.15, -0.1) is 11.3 Å². The highest BCUT2D eigenvalue weighted by molar-refractivity contribution is 7.18. The number of likely N-dealkylation sites (tertiary alicyclic amines) is 1. The molecule has 0 aliphatic carbocycles. The molecule has 0 radical (unpaired) electrons. The molecule has 1 amide bonds. The number of aryl methyl sites for hydroxylation is 1. The molecule has 176 valence electrons. The van der Waals surface area contributed by atoms with Gasteiger partial charge in [0.2, 0.25) is 5.91 Å². The van der Waals surface area contributed by atoms with E-state index in [4.69, 9.17) is 14.5 Å². The Balaban J connectivity index is 1.28. The van der Waals surface area contributed by atoms with Crippen molar-refractivity contribution in [3.63, 3.8) is 0 Å². The summed E-state index contributed by atoms with van der Waals surface area (Å²) in [5, 5.41) is 1.14. The summed E-state index contributed by atoms with van der Waals surface area (Å²) >= 11 is 1.73. The standard InChI is InChI=1S/C24H25F3N2O3S/c1-31-20-14-16(6-8-19(20)32-15-24(25,26)27)7-9-22(30)29-12-10-17(11-13-29)23-28-18-4-2-3-5-21(18)33-23/h2-6,8,14,17H,7,9-13,15H2,1H3. The minimum atomic E-state index is -4.42. The van der Waals surface area contributed by atoms with Crippen molar-refractivity contribution in [2.75, 3.05) is 26.8 Å². The highest BCUT2D eigenvalue weighted by Crippen LogP contribution is 2.34. The van der Waals surface area contributed by atoms with E-state index in [1.165, 1.54) is 17.9 Å². The molecule has 1 aliphatic heterocycles. The number of nitrogens with zero attached hydrogens (tertiary/aromatic N) is 2. The predicted molar refractivity (Wildman–Crippen MR) is 121 cm³/mol. The number of hydrogen-bond acceptors (Lipinski definition) is 5. The van der Waals surface area contributed by atoms with Crippen LogP contribution in [0.2, 0.25) is 0 Å². The van der Waals surface area contributed by atoms with Crippen LogP contribution in [0.4, 0.5) is 13.2 Å². The van der Waals surface area contributed by atoms with Crippen LogP contribution in [-0.4, -0.2) is 48.8 Å².